The van der Waals surface area contributed by atoms with Crippen LogP contribution in [0.2, 0.25) is 5.02 Å². The quantitative estimate of drug-likeness (QED) is 0.419. The van der Waals surface area contributed by atoms with Crippen LogP contribution in [0.4, 0.5) is 8.78 Å². The summed E-state index contributed by atoms with van der Waals surface area (Å²) < 4.78 is 36.3. The fourth-order valence-electron chi connectivity index (χ4n) is 3.68. The second-order valence-corrected chi connectivity index (χ2v) is 8.15. The first-order valence-corrected chi connectivity index (χ1v) is 11.0. The van der Waals surface area contributed by atoms with Crippen molar-refractivity contribution in [2.45, 2.75) is 19.1 Å². The molecule has 0 saturated carbocycles. The molecule has 0 aliphatic carbocycles. The van der Waals surface area contributed by atoms with E-state index in [0.717, 1.165) is 9.25 Å². The van der Waals surface area contributed by atoms with Gasteiger partial charge in [0.2, 0.25) is 0 Å². The summed E-state index contributed by atoms with van der Waals surface area (Å²) in [7, 11) is 1.29. The van der Waals surface area contributed by atoms with Crippen molar-refractivity contribution in [1.82, 2.24) is 14.3 Å². The molecule has 35 heavy (non-hydrogen) atoms. The monoisotopic (exact) mass is 498 g/mol. The fraction of sp³-hybridized carbons (Fsp3) is 0.160. The Balaban J connectivity index is 1.91. The van der Waals surface area contributed by atoms with Crippen LogP contribution in [0.5, 0.6) is 5.75 Å². The van der Waals surface area contributed by atoms with Crippen molar-refractivity contribution in [2.75, 3.05) is 7.11 Å². The van der Waals surface area contributed by atoms with Crippen LogP contribution in [0.3, 0.4) is 0 Å². The number of halogens is 3. The minimum absolute atomic E-state index is 0.00149. The summed E-state index contributed by atoms with van der Waals surface area (Å²) in [6.07, 6.45) is 0. The Labute approximate surface area is 204 Å². The zero-order chi connectivity index (χ0) is 25.1. The van der Waals surface area contributed by atoms with Gasteiger partial charge in [0.25, 0.3) is 5.56 Å². The molecule has 0 fully saturated rings. The SMILES string of the molecule is COc1cccc(-c2nn(Cc3c(F)cccc3Cl)c(=O)n(CC(N)c3ccccc3)c2=O)c1F. The molecular formula is C25H21ClF2N4O3. The molecule has 0 amide bonds. The maximum absolute atomic E-state index is 15.1. The van der Waals surface area contributed by atoms with Gasteiger partial charge in [0.15, 0.2) is 17.3 Å². The van der Waals surface area contributed by atoms with E-state index in [1.54, 1.807) is 24.3 Å². The molecule has 0 aliphatic rings. The van der Waals surface area contributed by atoms with Gasteiger partial charge in [-0.2, -0.15) is 5.10 Å². The van der Waals surface area contributed by atoms with E-state index in [1.807, 2.05) is 6.07 Å². The molecule has 10 heteroatoms. The Kier molecular flexibility index (Phi) is 7.09. The van der Waals surface area contributed by atoms with E-state index in [9.17, 15) is 14.0 Å². The van der Waals surface area contributed by atoms with Crippen LogP contribution in [0, 0.1) is 11.6 Å². The van der Waals surface area contributed by atoms with E-state index in [4.69, 9.17) is 22.1 Å². The standard InChI is InChI=1S/C25H21ClF2N4O3/c1-35-21-12-5-9-16(22(21)28)23-24(33)31(14-20(29)15-7-3-2-4-8-15)25(34)32(30-23)13-17-18(26)10-6-11-19(17)27/h2-12,20H,13-14,29H2,1H3. The molecular weight excluding hydrogens is 478 g/mol. The summed E-state index contributed by atoms with van der Waals surface area (Å²) in [5, 5.41) is 4.18. The molecule has 0 radical (unpaired) electrons. The number of hydrogen-bond acceptors (Lipinski definition) is 5. The average Bonchev–Trinajstić information content (AvgIpc) is 2.86. The Morgan fingerprint density at radius 2 is 1.74 bits per heavy atom. The third kappa shape index (κ3) is 4.87. The largest absolute Gasteiger partial charge is 0.494 e. The van der Waals surface area contributed by atoms with E-state index in [1.165, 1.54) is 43.5 Å². The van der Waals surface area contributed by atoms with Crippen molar-refractivity contribution >= 4 is 11.6 Å². The zero-order valence-electron chi connectivity index (χ0n) is 18.6. The van der Waals surface area contributed by atoms with Gasteiger partial charge in [0.1, 0.15) is 5.82 Å². The number of nitrogens with zero attached hydrogens (tertiary/aromatic N) is 3. The molecule has 0 bridgehead atoms. The van der Waals surface area contributed by atoms with Gasteiger partial charge >= 0.3 is 5.69 Å². The normalized spacial score (nSPS) is 11.9. The smallest absolute Gasteiger partial charge is 0.347 e. The first kappa shape index (κ1) is 24.3. The molecule has 1 atom stereocenters. The highest BCUT2D eigenvalue weighted by Crippen LogP contribution is 2.26. The number of nitrogens with two attached hydrogens (primary N) is 1. The van der Waals surface area contributed by atoms with E-state index in [0.29, 0.717) is 5.56 Å². The second-order valence-electron chi connectivity index (χ2n) is 7.74. The van der Waals surface area contributed by atoms with Gasteiger partial charge in [0.05, 0.1) is 20.2 Å². The lowest BCUT2D eigenvalue weighted by Gasteiger charge is -2.17. The van der Waals surface area contributed by atoms with E-state index >= 15 is 4.39 Å². The van der Waals surface area contributed by atoms with Gasteiger partial charge in [-0.3, -0.25) is 9.36 Å². The van der Waals surface area contributed by atoms with Crippen LogP contribution in [0.25, 0.3) is 11.3 Å². The van der Waals surface area contributed by atoms with Crippen molar-refractivity contribution in [3.63, 3.8) is 0 Å². The molecule has 180 valence electrons. The number of methoxy groups -OCH3 is 1. The van der Waals surface area contributed by atoms with Gasteiger partial charge < -0.3 is 10.5 Å². The van der Waals surface area contributed by atoms with Gasteiger partial charge in [-0.25, -0.2) is 18.3 Å². The van der Waals surface area contributed by atoms with Crippen molar-refractivity contribution < 1.29 is 13.5 Å². The van der Waals surface area contributed by atoms with Crippen molar-refractivity contribution in [2.24, 2.45) is 5.73 Å². The van der Waals surface area contributed by atoms with Crippen LogP contribution < -0.4 is 21.7 Å². The minimum Gasteiger partial charge on any atom is -0.494 e. The number of benzene rings is 3. The number of rotatable bonds is 7. The third-order valence-corrected chi connectivity index (χ3v) is 5.89. The van der Waals surface area contributed by atoms with Gasteiger partial charge in [-0.15, -0.1) is 0 Å². The molecule has 0 aliphatic heterocycles. The Morgan fingerprint density at radius 1 is 1.03 bits per heavy atom. The zero-order valence-corrected chi connectivity index (χ0v) is 19.4. The highest BCUT2D eigenvalue weighted by molar-refractivity contribution is 6.31. The molecule has 0 saturated heterocycles. The fourth-order valence-corrected chi connectivity index (χ4v) is 3.90. The maximum atomic E-state index is 15.1. The molecule has 7 nitrogen and oxygen atoms in total. The van der Waals surface area contributed by atoms with Gasteiger partial charge in [-0.1, -0.05) is 54.1 Å². The lowest BCUT2D eigenvalue weighted by molar-refractivity contribution is 0.387. The molecule has 1 heterocycles. The first-order chi connectivity index (χ1) is 16.8. The molecule has 1 unspecified atom stereocenters. The van der Waals surface area contributed by atoms with Crippen LogP contribution >= 0.6 is 11.6 Å². The molecule has 2 N–H and O–H groups in total. The van der Waals surface area contributed by atoms with Crippen LogP contribution in [0.1, 0.15) is 17.2 Å². The lowest BCUT2D eigenvalue weighted by atomic mass is 10.1. The molecule has 0 spiro atoms. The third-order valence-electron chi connectivity index (χ3n) is 5.54. The summed E-state index contributed by atoms with van der Waals surface area (Å²) in [4.78, 5) is 26.7. The highest BCUT2D eigenvalue weighted by atomic mass is 35.5. The molecule has 4 aromatic rings. The van der Waals surface area contributed by atoms with Gasteiger partial charge in [-0.05, 0) is 29.8 Å². The average molecular weight is 499 g/mol. The summed E-state index contributed by atoms with van der Waals surface area (Å²) in [5.41, 5.74) is 4.75. The summed E-state index contributed by atoms with van der Waals surface area (Å²) >= 11 is 6.14. The predicted molar refractivity (Wildman–Crippen MR) is 129 cm³/mol. The van der Waals surface area contributed by atoms with Crippen LogP contribution in [-0.4, -0.2) is 21.5 Å². The molecule has 3 aromatic carbocycles. The Bertz CT molecular complexity index is 1470. The highest BCUT2D eigenvalue weighted by Gasteiger charge is 2.22. The second kappa shape index (κ2) is 10.2. The molecule has 4 rings (SSSR count). The van der Waals surface area contributed by atoms with E-state index in [2.05, 4.69) is 5.10 Å². The number of ether oxygens (including phenoxy) is 1. The summed E-state index contributed by atoms with van der Waals surface area (Å²) in [6, 6.07) is 16.5. The number of aromatic nitrogens is 3. The van der Waals surface area contributed by atoms with Crippen LogP contribution in [-0.2, 0) is 13.1 Å². The van der Waals surface area contributed by atoms with Crippen molar-refractivity contribution in [3.05, 3.63) is 115 Å². The minimum atomic E-state index is -0.843. The van der Waals surface area contributed by atoms with E-state index < -0.39 is 28.9 Å². The molecule has 1 aromatic heterocycles. The Morgan fingerprint density at radius 3 is 2.43 bits per heavy atom. The van der Waals surface area contributed by atoms with Gasteiger partial charge in [0, 0.05) is 22.2 Å². The van der Waals surface area contributed by atoms with E-state index in [-0.39, 0.29) is 40.7 Å². The van der Waals surface area contributed by atoms with Crippen molar-refractivity contribution in [1.29, 1.82) is 0 Å². The Hall–Kier alpha value is -3.82. The van der Waals surface area contributed by atoms with Crippen molar-refractivity contribution in [3.8, 4) is 17.0 Å². The van der Waals surface area contributed by atoms with Crippen LogP contribution in [0.15, 0.2) is 76.3 Å². The lowest BCUT2D eigenvalue weighted by Crippen LogP contribution is -2.44. The summed E-state index contributed by atoms with van der Waals surface area (Å²) in [6.45, 7) is -0.600. The number of hydrogen-bond donors (Lipinski definition) is 1. The maximum Gasteiger partial charge on any atom is 0.347 e. The topological polar surface area (TPSA) is 92.1 Å². The summed E-state index contributed by atoms with van der Waals surface area (Å²) in [5.74, 6) is -1.59. The predicted octanol–water partition coefficient (Wildman–Crippen LogP) is 3.76. The first-order valence-electron chi connectivity index (χ1n) is 10.6.